The molecule has 0 saturated carbocycles. The fourth-order valence-corrected chi connectivity index (χ4v) is 3.79. The van der Waals surface area contributed by atoms with E-state index in [0.717, 1.165) is 27.4 Å². The third-order valence-electron chi connectivity index (χ3n) is 4.66. The third kappa shape index (κ3) is 4.72. The molecular formula is C23H21NO6S. The van der Waals surface area contributed by atoms with Crippen LogP contribution in [0.4, 0.5) is 0 Å². The Morgan fingerprint density at radius 3 is 2.42 bits per heavy atom. The molecule has 0 spiro atoms. The Bertz CT molecular complexity index is 1090. The summed E-state index contributed by atoms with van der Waals surface area (Å²) >= 11 is 0.952. The minimum atomic E-state index is -0.529. The Labute approximate surface area is 184 Å². The third-order valence-corrected chi connectivity index (χ3v) is 5.35. The topological polar surface area (TPSA) is 74.3 Å². The first kappa shape index (κ1) is 21.3. The Morgan fingerprint density at radius 1 is 0.839 bits per heavy atom. The standard InChI is InChI=1S/C23H21NO6S/c1-27-10-11-28-12-13-29-17-14-16-6-5-9-19-21(16)20(15-17)23(26)24(22(19)25)30-31-18-7-3-2-4-8-18/h2-9,14-15H,10-13H2,1H3. The summed E-state index contributed by atoms with van der Waals surface area (Å²) in [6.45, 7) is 1.72. The summed E-state index contributed by atoms with van der Waals surface area (Å²) < 4.78 is 21.6. The Balaban J connectivity index is 1.54. The van der Waals surface area contributed by atoms with Crippen molar-refractivity contribution in [3.63, 3.8) is 0 Å². The lowest BCUT2D eigenvalue weighted by Gasteiger charge is -2.25. The highest BCUT2D eigenvalue weighted by atomic mass is 32.2. The van der Waals surface area contributed by atoms with Crippen LogP contribution in [0.25, 0.3) is 10.8 Å². The Kier molecular flexibility index (Phi) is 6.83. The average molecular weight is 439 g/mol. The van der Waals surface area contributed by atoms with Crippen molar-refractivity contribution >= 4 is 34.6 Å². The van der Waals surface area contributed by atoms with Crippen molar-refractivity contribution in [3.05, 3.63) is 71.8 Å². The Hall–Kier alpha value is -2.91. The van der Waals surface area contributed by atoms with Gasteiger partial charge >= 0.3 is 0 Å². The first-order valence-corrected chi connectivity index (χ1v) is 10.5. The fourth-order valence-electron chi connectivity index (χ4n) is 3.23. The largest absolute Gasteiger partial charge is 0.491 e. The van der Waals surface area contributed by atoms with Gasteiger partial charge in [-0.2, -0.15) is 4.28 Å². The smallest absolute Gasteiger partial charge is 0.286 e. The van der Waals surface area contributed by atoms with E-state index < -0.39 is 11.8 Å². The number of rotatable bonds is 10. The van der Waals surface area contributed by atoms with Crippen LogP contribution < -0.4 is 4.74 Å². The molecule has 8 heteroatoms. The molecule has 1 heterocycles. The van der Waals surface area contributed by atoms with Crippen molar-refractivity contribution in [3.8, 4) is 5.75 Å². The maximum absolute atomic E-state index is 13.1. The van der Waals surface area contributed by atoms with E-state index in [9.17, 15) is 9.59 Å². The van der Waals surface area contributed by atoms with E-state index in [1.165, 1.54) is 0 Å². The zero-order valence-electron chi connectivity index (χ0n) is 16.9. The second-order valence-corrected chi connectivity index (χ2v) is 7.49. The average Bonchev–Trinajstić information content (AvgIpc) is 2.80. The summed E-state index contributed by atoms with van der Waals surface area (Å²) in [5.74, 6) is -0.501. The lowest BCUT2D eigenvalue weighted by molar-refractivity contribution is -0.00755. The molecule has 2 amide bonds. The summed E-state index contributed by atoms with van der Waals surface area (Å²) in [6, 6.07) is 18.0. The van der Waals surface area contributed by atoms with Crippen LogP contribution in [0.3, 0.4) is 0 Å². The van der Waals surface area contributed by atoms with Crippen LogP contribution in [-0.2, 0) is 13.8 Å². The lowest BCUT2D eigenvalue weighted by atomic mass is 9.95. The molecule has 4 rings (SSSR count). The van der Waals surface area contributed by atoms with E-state index in [1.807, 2.05) is 42.5 Å². The van der Waals surface area contributed by atoms with Gasteiger partial charge in [0.2, 0.25) is 0 Å². The number of hydrogen-bond acceptors (Lipinski definition) is 7. The van der Waals surface area contributed by atoms with Gasteiger partial charge in [0.15, 0.2) is 0 Å². The van der Waals surface area contributed by atoms with E-state index >= 15 is 0 Å². The minimum absolute atomic E-state index is 0.325. The van der Waals surface area contributed by atoms with Gasteiger partial charge in [0, 0.05) is 17.4 Å². The summed E-state index contributed by atoms with van der Waals surface area (Å²) in [6.07, 6.45) is 0. The molecule has 0 radical (unpaired) electrons. The minimum Gasteiger partial charge on any atom is -0.491 e. The summed E-state index contributed by atoms with van der Waals surface area (Å²) in [5, 5.41) is 2.15. The van der Waals surface area contributed by atoms with E-state index in [-0.39, 0.29) is 0 Å². The molecule has 1 aliphatic heterocycles. The number of amides is 2. The molecule has 1 aliphatic rings. The van der Waals surface area contributed by atoms with Gasteiger partial charge in [-0.1, -0.05) is 30.3 Å². The number of hydroxylamine groups is 2. The molecule has 160 valence electrons. The first-order chi connectivity index (χ1) is 15.2. The van der Waals surface area contributed by atoms with Gasteiger partial charge in [-0.25, -0.2) is 0 Å². The number of ether oxygens (including phenoxy) is 3. The number of carbonyl (C=O) groups is 2. The number of imide groups is 1. The van der Waals surface area contributed by atoms with Gasteiger partial charge in [0.05, 0.1) is 43.0 Å². The second-order valence-electron chi connectivity index (χ2n) is 6.70. The van der Waals surface area contributed by atoms with Gasteiger partial charge in [0.1, 0.15) is 12.4 Å². The van der Waals surface area contributed by atoms with Gasteiger partial charge in [-0.15, -0.1) is 5.06 Å². The summed E-state index contributed by atoms with van der Waals surface area (Å²) in [5.41, 5.74) is 0.770. The number of benzene rings is 3. The van der Waals surface area contributed by atoms with Crippen molar-refractivity contribution < 1.29 is 28.1 Å². The van der Waals surface area contributed by atoms with Gasteiger partial charge in [-0.05, 0) is 35.7 Å². The highest BCUT2D eigenvalue weighted by molar-refractivity contribution is 7.94. The highest BCUT2D eigenvalue weighted by Crippen LogP contribution is 2.35. The van der Waals surface area contributed by atoms with E-state index in [2.05, 4.69) is 0 Å². The number of hydrogen-bond donors (Lipinski definition) is 0. The normalized spacial score (nSPS) is 13.1. The lowest BCUT2D eigenvalue weighted by Crippen LogP contribution is -2.38. The van der Waals surface area contributed by atoms with Crippen LogP contribution >= 0.6 is 12.0 Å². The molecule has 0 atom stereocenters. The second kappa shape index (κ2) is 9.93. The zero-order valence-corrected chi connectivity index (χ0v) is 17.7. The Morgan fingerprint density at radius 2 is 1.61 bits per heavy atom. The van der Waals surface area contributed by atoms with E-state index in [1.54, 1.807) is 25.3 Å². The summed E-state index contributed by atoms with van der Waals surface area (Å²) in [4.78, 5) is 26.8. The number of nitrogens with zero attached hydrogens (tertiary/aromatic N) is 1. The SMILES string of the molecule is COCCOCCOc1cc2c3c(cccc3c1)C(=O)N(OSc1ccccc1)C2=O. The van der Waals surface area contributed by atoms with Crippen LogP contribution in [0.2, 0.25) is 0 Å². The van der Waals surface area contributed by atoms with Gasteiger partial charge in [0.25, 0.3) is 11.8 Å². The molecule has 3 aromatic rings. The monoisotopic (exact) mass is 439 g/mol. The molecular weight excluding hydrogens is 418 g/mol. The van der Waals surface area contributed by atoms with E-state index in [4.69, 9.17) is 18.5 Å². The predicted molar refractivity (Wildman–Crippen MR) is 116 cm³/mol. The molecule has 0 bridgehead atoms. The predicted octanol–water partition coefficient (Wildman–Crippen LogP) is 4.12. The number of methoxy groups -OCH3 is 1. The molecule has 0 aromatic heterocycles. The van der Waals surface area contributed by atoms with Crippen LogP contribution in [0.1, 0.15) is 20.7 Å². The summed E-state index contributed by atoms with van der Waals surface area (Å²) in [7, 11) is 1.61. The van der Waals surface area contributed by atoms with Crippen molar-refractivity contribution in [2.45, 2.75) is 4.90 Å². The van der Waals surface area contributed by atoms with E-state index in [0.29, 0.717) is 48.7 Å². The van der Waals surface area contributed by atoms with Crippen molar-refractivity contribution in [1.82, 2.24) is 5.06 Å². The molecule has 3 aromatic carbocycles. The van der Waals surface area contributed by atoms with Gasteiger partial charge in [-0.3, -0.25) is 9.59 Å². The molecule has 0 N–H and O–H groups in total. The fraction of sp³-hybridized carbons (Fsp3) is 0.217. The first-order valence-electron chi connectivity index (χ1n) is 9.74. The van der Waals surface area contributed by atoms with Crippen LogP contribution in [0.5, 0.6) is 5.75 Å². The van der Waals surface area contributed by atoms with Gasteiger partial charge < -0.3 is 14.2 Å². The van der Waals surface area contributed by atoms with Crippen molar-refractivity contribution in [2.75, 3.05) is 33.5 Å². The maximum atomic E-state index is 13.1. The highest BCUT2D eigenvalue weighted by Gasteiger charge is 2.35. The molecule has 0 aliphatic carbocycles. The molecule has 31 heavy (non-hydrogen) atoms. The van der Waals surface area contributed by atoms with Crippen LogP contribution in [0.15, 0.2) is 65.6 Å². The zero-order chi connectivity index (χ0) is 21.6. The molecule has 0 fully saturated rings. The van der Waals surface area contributed by atoms with Crippen LogP contribution in [-0.4, -0.2) is 50.4 Å². The maximum Gasteiger partial charge on any atom is 0.286 e. The van der Waals surface area contributed by atoms with Crippen LogP contribution in [0, 0.1) is 0 Å². The van der Waals surface area contributed by atoms with Crippen molar-refractivity contribution in [1.29, 1.82) is 0 Å². The molecule has 0 unspecified atom stereocenters. The quantitative estimate of drug-likeness (QED) is 0.267. The molecule has 0 saturated heterocycles. The molecule has 7 nitrogen and oxygen atoms in total. The number of carbonyl (C=O) groups excluding carboxylic acids is 2. The van der Waals surface area contributed by atoms with Crippen molar-refractivity contribution in [2.24, 2.45) is 0 Å².